The van der Waals surface area contributed by atoms with Gasteiger partial charge in [-0.3, -0.25) is 4.79 Å². The summed E-state index contributed by atoms with van der Waals surface area (Å²) in [6.45, 7) is 2.88. The largest absolute Gasteiger partial charge is 0.484 e. The molecule has 1 aromatic carbocycles. The third-order valence-electron chi connectivity index (χ3n) is 3.37. The molecule has 5 heteroatoms. The molecule has 1 aliphatic rings. The van der Waals surface area contributed by atoms with E-state index in [0.29, 0.717) is 25.3 Å². The lowest BCUT2D eigenvalue weighted by Gasteiger charge is -2.34. The second-order valence-electron chi connectivity index (χ2n) is 4.92. The van der Waals surface area contributed by atoms with Gasteiger partial charge >= 0.3 is 0 Å². The third kappa shape index (κ3) is 3.67. The van der Waals surface area contributed by atoms with Gasteiger partial charge in [-0.25, -0.2) is 4.39 Å². The first-order valence-corrected chi connectivity index (χ1v) is 6.40. The molecule has 2 rings (SSSR count). The fraction of sp³-hybridized carbons (Fsp3) is 0.500. The molecule has 0 aromatic heterocycles. The molecule has 0 radical (unpaired) electrons. The van der Waals surface area contributed by atoms with E-state index in [2.05, 4.69) is 0 Å². The topological polar surface area (TPSA) is 49.8 Å². The molecular formula is C14H18FNO3. The number of amides is 1. The van der Waals surface area contributed by atoms with E-state index in [1.807, 2.05) is 6.92 Å². The molecule has 2 atom stereocenters. The Balaban J connectivity index is 1.84. The number of rotatable bonds is 3. The minimum Gasteiger partial charge on any atom is -0.484 e. The number of ether oxygens (including phenoxy) is 1. The zero-order valence-electron chi connectivity index (χ0n) is 10.9. The number of nitrogens with zero attached hydrogens (tertiary/aromatic N) is 1. The van der Waals surface area contributed by atoms with E-state index in [-0.39, 0.29) is 30.4 Å². The number of hydrogen-bond donors (Lipinski definition) is 1. The predicted octanol–water partition coefficient (Wildman–Crippen LogP) is 1.43. The summed E-state index contributed by atoms with van der Waals surface area (Å²) < 4.78 is 18.2. The standard InChI is InChI=1S/C14H18FNO3/c1-10-8-16(6-5-13(10)17)14(18)9-19-12-4-2-3-11(15)7-12/h2-4,7,10,13,17H,5-6,8-9H2,1H3. The highest BCUT2D eigenvalue weighted by Crippen LogP contribution is 2.17. The molecule has 1 saturated heterocycles. The number of hydrogen-bond acceptors (Lipinski definition) is 3. The van der Waals surface area contributed by atoms with Crippen molar-refractivity contribution in [2.45, 2.75) is 19.4 Å². The van der Waals surface area contributed by atoms with Gasteiger partial charge < -0.3 is 14.7 Å². The molecule has 0 saturated carbocycles. The minimum atomic E-state index is -0.389. The Morgan fingerprint density at radius 2 is 2.37 bits per heavy atom. The third-order valence-corrected chi connectivity index (χ3v) is 3.37. The Labute approximate surface area is 111 Å². The van der Waals surface area contributed by atoms with Crippen molar-refractivity contribution in [1.82, 2.24) is 4.90 Å². The van der Waals surface area contributed by atoms with Crippen LogP contribution in [0.25, 0.3) is 0 Å². The summed E-state index contributed by atoms with van der Waals surface area (Å²) in [7, 11) is 0. The maximum atomic E-state index is 12.9. The molecule has 1 aliphatic heterocycles. The second-order valence-corrected chi connectivity index (χ2v) is 4.92. The smallest absolute Gasteiger partial charge is 0.260 e. The molecule has 104 valence electrons. The Bertz CT molecular complexity index is 452. The van der Waals surface area contributed by atoms with Crippen LogP contribution in [0.3, 0.4) is 0 Å². The van der Waals surface area contributed by atoms with Crippen LogP contribution in [0.5, 0.6) is 5.75 Å². The molecule has 0 spiro atoms. The van der Waals surface area contributed by atoms with Crippen molar-refractivity contribution < 1.29 is 19.0 Å². The quantitative estimate of drug-likeness (QED) is 0.901. The Morgan fingerprint density at radius 1 is 1.58 bits per heavy atom. The van der Waals surface area contributed by atoms with Crippen LogP contribution in [0.2, 0.25) is 0 Å². The number of halogens is 1. The van der Waals surface area contributed by atoms with Gasteiger partial charge in [0.05, 0.1) is 6.10 Å². The summed E-state index contributed by atoms with van der Waals surface area (Å²) >= 11 is 0. The number of carbonyl (C=O) groups excluding carboxylic acids is 1. The molecule has 1 N–H and O–H groups in total. The minimum absolute atomic E-state index is 0.0758. The fourth-order valence-corrected chi connectivity index (χ4v) is 2.15. The molecule has 1 heterocycles. The summed E-state index contributed by atoms with van der Waals surface area (Å²) in [6, 6.07) is 5.71. The summed E-state index contributed by atoms with van der Waals surface area (Å²) in [5.41, 5.74) is 0. The van der Waals surface area contributed by atoms with Gasteiger partial charge in [0.25, 0.3) is 5.91 Å². The number of carbonyl (C=O) groups is 1. The summed E-state index contributed by atoms with van der Waals surface area (Å²) in [4.78, 5) is 13.6. The SMILES string of the molecule is CC1CN(C(=O)COc2cccc(F)c2)CCC1O. The van der Waals surface area contributed by atoms with Crippen LogP contribution in [0.4, 0.5) is 4.39 Å². The molecule has 1 fully saturated rings. The van der Waals surface area contributed by atoms with E-state index in [9.17, 15) is 14.3 Å². The van der Waals surface area contributed by atoms with E-state index < -0.39 is 0 Å². The van der Waals surface area contributed by atoms with E-state index in [4.69, 9.17) is 4.74 Å². The zero-order valence-corrected chi connectivity index (χ0v) is 10.9. The lowest BCUT2D eigenvalue weighted by Crippen LogP contribution is -2.46. The van der Waals surface area contributed by atoms with Crippen LogP contribution in [-0.4, -0.2) is 41.7 Å². The van der Waals surface area contributed by atoms with Gasteiger partial charge in [-0.2, -0.15) is 0 Å². The van der Waals surface area contributed by atoms with Crippen molar-refractivity contribution in [3.8, 4) is 5.75 Å². The lowest BCUT2D eigenvalue weighted by molar-refractivity contribution is -0.136. The molecule has 19 heavy (non-hydrogen) atoms. The maximum Gasteiger partial charge on any atom is 0.260 e. The average Bonchev–Trinajstić information content (AvgIpc) is 2.39. The predicted molar refractivity (Wildman–Crippen MR) is 68.3 cm³/mol. The van der Waals surface area contributed by atoms with Crippen molar-refractivity contribution in [1.29, 1.82) is 0 Å². The van der Waals surface area contributed by atoms with Gasteiger partial charge in [0.2, 0.25) is 0 Å². The Hall–Kier alpha value is -1.62. The van der Waals surface area contributed by atoms with E-state index in [1.54, 1.807) is 11.0 Å². The Kier molecular flexibility index (Phi) is 4.37. The second kappa shape index (κ2) is 6.02. The van der Waals surface area contributed by atoms with Gasteiger partial charge in [-0.05, 0) is 24.5 Å². The summed E-state index contributed by atoms with van der Waals surface area (Å²) in [5, 5.41) is 9.60. The van der Waals surface area contributed by atoms with Gasteiger partial charge in [0.1, 0.15) is 11.6 Å². The van der Waals surface area contributed by atoms with Crippen molar-refractivity contribution in [3.05, 3.63) is 30.1 Å². The summed E-state index contributed by atoms with van der Waals surface area (Å²) in [6.07, 6.45) is 0.251. The fourth-order valence-electron chi connectivity index (χ4n) is 2.15. The van der Waals surface area contributed by atoms with Crippen LogP contribution in [0.15, 0.2) is 24.3 Å². The highest BCUT2D eigenvalue weighted by molar-refractivity contribution is 5.77. The molecule has 4 nitrogen and oxygen atoms in total. The van der Waals surface area contributed by atoms with Crippen LogP contribution >= 0.6 is 0 Å². The normalized spacial score (nSPS) is 23.2. The number of piperidine rings is 1. The monoisotopic (exact) mass is 267 g/mol. The van der Waals surface area contributed by atoms with Crippen molar-refractivity contribution in [2.24, 2.45) is 5.92 Å². The van der Waals surface area contributed by atoms with Gasteiger partial charge in [0.15, 0.2) is 6.61 Å². The molecule has 1 amide bonds. The van der Waals surface area contributed by atoms with Gasteiger partial charge in [0, 0.05) is 19.2 Å². The first-order valence-electron chi connectivity index (χ1n) is 6.40. The van der Waals surface area contributed by atoms with Crippen LogP contribution in [0.1, 0.15) is 13.3 Å². The molecule has 0 bridgehead atoms. The molecule has 2 unspecified atom stereocenters. The number of aliphatic hydroxyl groups is 1. The van der Waals surface area contributed by atoms with Crippen LogP contribution in [0, 0.1) is 11.7 Å². The number of aliphatic hydroxyl groups excluding tert-OH is 1. The summed E-state index contributed by atoms with van der Waals surface area (Å²) in [5.74, 6) is -0.104. The molecule has 0 aliphatic carbocycles. The molecular weight excluding hydrogens is 249 g/mol. The van der Waals surface area contributed by atoms with Crippen molar-refractivity contribution in [2.75, 3.05) is 19.7 Å². The Morgan fingerprint density at radius 3 is 3.05 bits per heavy atom. The number of benzene rings is 1. The van der Waals surface area contributed by atoms with Gasteiger partial charge in [-0.15, -0.1) is 0 Å². The van der Waals surface area contributed by atoms with E-state index in [0.717, 1.165) is 0 Å². The van der Waals surface area contributed by atoms with E-state index in [1.165, 1.54) is 18.2 Å². The first kappa shape index (κ1) is 13.8. The van der Waals surface area contributed by atoms with Crippen LogP contribution < -0.4 is 4.74 Å². The van der Waals surface area contributed by atoms with Crippen molar-refractivity contribution >= 4 is 5.91 Å². The lowest BCUT2D eigenvalue weighted by atomic mass is 9.97. The van der Waals surface area contributed by atoms with E-state index >= 15 is 0 Å². The first-order chi connectivity index (χ1) is 9.06. The molecule has 1 aromatic rings. The maximum absolute atomic E-state index is 12.9. The highest BCUT2D eigenvalue weighted by atomic mass is 19.1. The van der Waals surface area contributed by atoms with Crippen LogP contribution in [-0.2, 0) is 4.79 Å². The average molecular weight is 267 g/mol. The number of likely N-dealkylation sites (tertiary alicyclic amines) is 1. The van der Waals surface area contributed by atoms with Crippen molar-refractivity contribution in [3.63, 3.8) is 0 Å². The zero-order chi connectivity index (χ0) is 13.8. The van der Waals surface area contributed by atoms with Gasteiger partial charge in [-0.1, -0.05) is 13.0 Å². The highest BCUT2D eigenvalue weighted by Gasteiger charge is 2.27.